The predicted octanol–water partition coefficient (Wildman–Crippen LogP) is 3.43. The molecule has 20 heavy (non-hydrogen) atoms. The molecule has 0 aromatic heterocycles. The van der Waals surface area contributed by atoms with Crippen molar-refractivity contribution in [3.05, 3.63) is 29.3 Å². The zero-order chi connectivity index (χ0) is 14.4. The Morgan fingerprint density at radius 2 is 1.80 bits per heavy atom. The zero-order valence-corrected chi connectivity index (χ0v) is 12.7. The van der Waals surface area contributed by atoms with Gasteiger partial charge in [-0.3, -0.25) is 0 Å². The normalized spacial score (nSPS) is 17.9. The molecule has 3 heteroatoms. The van der Waals surface area contributed by atoms with Crippen LogP contribution >= 0.6 is 0 Å². The Morgan fingerprint density at radius 1 is 1.15 bits per heavy atom. The lowest BCUT2D eigenvalue weighted by Gasteiger charge is -2.23. The predicted molar refractivity (Wildman–Crippen MR) is 83.2 cm³/mol. The molecule has 2 N–H and O–H groups in total. The quantitative estimate of drug-likeness (QED) is 0.837. The van der Waals surface area contributed by atoms with Crippen molar-refractivity contribution in [2.45, 2.75) is 58.2 Å². The van der Waals surface area contributed by atoms with Gasteiger partial charge in [0, 0.05) is 12.2 Å². The Balaban J connectivity index is 1.70. The van der Waals surface area contributed by atoms with Crippen molar-refractivity contribution < 1.29 is 9.84 Å². The molecule has 0 heterocycles. The first-order valence-electron chi connectivity index (χ1n) is 7.75. The third-order valence-corrected chi connectivity index (χ3v) is 3.84. The highest BCUT2D eigenvalue weighted by Crippen LogP contribution is 2.20. The molecule has 1 aromatic carbocycles. The van der Waals surface area contributed by atoms with E-state index in [2.05, 4.69) is 37.4 Å². The fourth-order valence-corrected chi connectivity index (χ4v) is 2.85. The largest absolute Gasteiger partial charge is 0.389 e. The summed E-state index contributed by atoms with van der Waals surface area (Å²) in [5.41, 5.74) is 3.54. The summed E-state index contributed by atoms with van der Waals surface area (Å²) < 4.78 is 5.79. The van der Waals surface area contributed by atoms with E-state index in [1.54, 1.807) is 0 Å². The van der Waals surface area contributed by atoms with Gasteiger partial charge in [0.2, 0.25) is 0 Å². The van der Waals surface area contributed by atoms with Crippen molar-refractivity contribution in [1.82, 2.24) is 0 Å². The van der Waals surface area contributed by atoms with Gasteiger partial charge in [0.1, 0.15) is 0 Å². The SMILES string of the molecule is Cc1cc(C)cc(NCC(O)COC2CCCCC2)c1. The van der Waals surface area contributed by atoms with Gasteiger partial charge in [-0.15, -0.1) is 0 Å². The Morgan fingerprint density at radius 3 is 2.45 bits per heavy atom. The van der Waals surface area contributed by atoms with Gasteiger partial charge < -0.3 is 15.2 Å². The summed E-state index contributed by atoms with van der Waals surface area (Å²) in [6.45, 7) is 5.14. The molecule has 1 fully saturated rings. The minimum atomic E-state index is -0.447. The van der Waals surface area contributed by atoms with Crippen molar-refractivity contribution in [2.24, 2.45) is 0 Å². The van der Waals surface area contributed by atoms with E-state index in [4.69, 9.17) is 4.74 Å². The van der Waals surface area contributed by atoms with Gasteiger partial charge >= 0.3 is 0 Å². The average molecular weight is 277 g/mol. The Labute approximate surface area is 122 Å². The van der Waals surface area contributed by atoms with Crippen LogP contribution in [0.3, 0.4) is 0 Å². The van der Waals surface area contributed by atoms with Crippen LogP contribution in [0.1, 0.15) is 43.2 Å². The van der Waals surface area contributed by atoms with E-state index in [1.807, 2.05) is 0 Å². The molecule has 112 valence electrons. The third-order valence-electron chi connectivity index (χ3n) is 3.84. The topological polar surface area (TPSA) is 41.5 Å². The average Bonchev–Trinajstić information content (AvgIpc) is 2.43. The minimum absolute atomic E-state index is 0.361. The molecule has 1 saturated carbocycles. The van der Waals surface area contributed by atoms with Gasteiger partial charge in [0.25, 0.3) is 0 Å². The molecule has 1 aliphatic carbocycles. The van der Waals surface area contributed by atoms with Crippen LogP contribution in [0.2, 0.25) is 0 Å². The van der Waals surface area contributed by atoms with Crippen LogP contribution in [-0.4, -0.2) is 30.5 Å². The highest BCUT2D eigenvalue weighted by Gasteiger charge is 2.15. The van der Waals surface area contributed by atoms with E-state index in [0.717, 1.165) is 18.5 Å². The van der Waals surface area contributed by atoms with Gasteiger partial charge in [-0.1, -0.05) is 25.3 Å². The van der Waals surface area contributed by atoms with Crippen LogP contribution in [0, 0.1) is 13.8 Å². The van der Waals surface area contributed by atoms with Crippen molar-refractivity contribution in [3.63, 3.8) is 0 Å². The van der Waals surface area contributed by atoms with Gasteiger partial charge in [0.15, 0.2) is 0 Å². The van der Waals surface area contributed by atoms with Crippen LogP contribution in [0.15, 0.2) is 18.2 Å². The lowest BCUT2D eigenvalue weighted by molar-refractivity contribution is -0.0195. The number of ether oxygens (including phenoxy) is 1. The van der Waals surface area contributed by atoms with E-state index in [-0.39, 0.29) is 0 Å². The maximum absolute atomic E-state index is 9.99. The second-order valence-electron chi connectivity index (χ2n) is 6.00. The molecule has 3 nitrogen and oxygen atoms in total. The first-order valence-corrected chi connectivity index (χ1v) is 7.75. The molecule has 0 aliphatic heterocycles. The second-order valence-corrected chi connectivity index (χ2v) is 6.00. The summed E-state index contributed by atoms with van der Waals surface area (Å²) in [6, 6.07) is 6.34. The number of aryl methyl sites for hydroxylation is 2. The number of rotatable bonds is 6. The maximum atomic E-state index is 9.99. The van der Waals surface area contributed by atoms with Gasteiger partial charge in [-0.2, -0.15) is 0 Å². The van der Waals surface area contributed by atoms with E-state index >= 15 is 0 Å². The molecule has 1 unspecified atom stereocenters. The van der Waals surface area contributed by atoms with Gasteiger partial charge in [0.05, 0.1) is 18.8 Å². The lowest BCUT2D eigenvalue weighted by Crippen LogP contribution is -2.28. The monoisotopic (exact) mass is 277 g/mol. The van der Waals surface area contributed by atoms with E-state index < -0.39 is 6.10 Å². The van der Waals surface area contributed by atoms with Crippen molar-refractivity contribution in [2.75, 3.05) is 18.5 Å². The van der Waals surface area contributed by atoms with Crippen molar-refractivity contribution >= 4 is 5.69 Å². The Hall–Kier alpha value is -1.06. The Kier molecular flexibility index (Phi) is 5.86. The molecule has 0 saturated heterocycles. The first kappa shape index (κ1) is 15.3. The molecule has 0 bridgehead atoms. The number of aliphatic hydroxyl groups is 1. The molecule has 0 spiro atoms. The fourth-order valence-electron chi connectivity index (χ4n) is 2.85. The summed E-state index contributed by atoms with van der Waals surface area (Å²) in [4.78, 5) is 0. The molecule has 1 aliphatic rings. The van der Waals surface area contributed by atoms with Gasteiger partial charge in [-0.05, 0) is 49.9 Å². The number of hydrogen-bond acceptors (Lipinski definition) is 3. The first-order chi connectivity index (χ1) is 9.63. The smallest absolute Gasteiger partial charge is 0.0945 e. The number of benzene rings is 1. The third kappa shape index (κ3) is 5.14. The molecular formula is C17H27NO2. The van der Waals surface area contributed by atoms with Crippen LogP contribution in [0.4, 0.5) is 5.69 Å². The van der Waals surface area contributed by atoms with Gasteiger partial charge in [-0.25, -0.2) is 0 Å². The van der Waals surface area contributed by atoms with E-state index in [0.29, 0.717) is 19.3 Å². The second kappa shape index (κ2) is 7.65. The van der Waals surface area contributed by atoms with Crippen molar-refractivity contribution in [3.8, 4) is 0 Å². The molecule has 1 atom stereocenters. The van der Waals surface area contributed by atoms with E-state index in [9.17, 15) is 5.11 Å². The summed E-state index contributed by atoms with van der Waals surface area (Å²) >= 11 is 0. The number of nitrogens with one attached hydrogen (secondary N) is 1. The summed E-state index contributed by atoms with van der Waals surface area (Å²) in [5.74, 6) is 0. The molecule has 0 amide bonds. The van der Waals surface area contributed by atoms with Crippen LogP contribution in [-0.2, 0) is 4.74 Å². The summed E-state index contributed by atoms with van der Waals surface area (Å²) in [5, 5.41) is 13.3. The lowest BCUT2D eigenvalue weighted by atomic mass is 9.98. The number of hydrogen-bond donors (Lipinski definition) is 2. The molecule has 1 aromatic rings. The zero-order valence-electron chi connectivity index (χ0n) is 12.7. The Bertz CT molecular complexity index is 393. The van der Waals surface area contributed by atoms with Crippen LogP contribution < -0.4 is 5.32 Å². The molecule has 0 radical (unpaired) electrons. The van der Waals surface area contributed by atoms with Crippen LogP contribution in [0.25, 0.3) is 0 Å². The fraction of sp³-hybridized carbons (Fsp3) is 0.647. The number of aliphatic hydroxyl groups excluding tert-OH is 1. The number of anilines is 1. The van der Waals surface area contributed by atoms with Crippen molar-refractivity contribution in [1.29, 1.82) is 0 Å². The molecular weight excluding hydrogens is 250 g/mol. The highest BCUT2D eigenvalue weighted by atomic mass is 16.5. The summed E-state index contributed by atoms with van der Waals surface area (Å²) in [6.07, 6.45) is 6.08. The summed E-state index contributed by atoms with van der Waals surface area (Å²) in [7, 11) is 0. The molecule has 2 rings (SSSR count). The van der Waals surface area contributed by atoms with Crippen LogP contribution in [0.5, 0.6) is 0 Å². The maximum Gasteiger partial charge on any atom is 0.0945 e. The van der Waals surface area contributed by atoms with E-state index in [1.165, 1.54) is 30.4 Å². The standard InChI is InChI=1S/C17H27NO2/c1-13-8-14(2)10-15(9-13)18-11-16(19)12-20-17-6-4-3-5-7-17/h8-10,16-19H,3-7,11-12H2,1-2H3. The minimum Gasteiger partial charge on any atom is -0.389 e. The highest BCUT2D eigenvalue weighted by molar-refractivity contribution is 5.48.